The summed E-state index contributed by atoms with van der Waals surface area (Å²) in [7, 11) is 0. The van der Waals surface area contributed by atoms with Crippen LogP contribution in [0.1, 0.15) is 33.3 Å². The van der Waals surface area contributed by atoms with Crippen molar-refractivity contribution in [2.45, 2.75) is 33.5 Å². The average Bonchev–Trinajstić information content (AvgIpc) is 3.10. The van der Waals surface area contributed by atoms with E-state index in [2.05, 4.69) is 20.5 Å². The van der Waals surface area contributed by atoms with Gasteiger partial charge in [0.15, 0.2) is 11.3 Å². The molecule has 1 N–H and O–H groups in total. The lowest BCUT2D eigenvalue weighted by molar-refractivity contribution is -0.386. The van der Waals surface area contributed by atoms with Crippen molar-refractivity contribution in [1.29, 1.82) is 0 Å². The number of carbonyl (C=O) groups excluding carboxylic acids is 1. The minimum atomic E-state index is -4.72. The Bertz CT molecular complexity index is 1170. The van der Waals surface area contributed by atoms with Gasteiger partial charge in [0.05, 0.1) is 11.5 Å². The first-order valence-electron chi connectivity index (χ1n) is 8.51. The largest absolute Gasteiger partial charge is 0.433 e. The average molecular weight is 446 g/mol. The SMILES string of the molecule is Cc1cc(C(F)(F)F)n2nc(C(=O)NCCn3nc(C)c([N+](=O)[O-])c3C)c(Cl)c2n1. The quantitative estimate of drug-likeness (QED) is 0.476. The smallest absolute Gasteiger partial charge is 0.349 e. The molecule has 0 aliphatic heterocycles. The molecule has 3 aromatic rings. The number of hydrogen-bond donors (Lipinski definition) is 1. The number of nitrogens with one attached hydrogen (secondary N) is 1. The van der Waals surface area contributed by atoms with Crippen molar-refractivity contribution >= 4 is 28.8 Å². The third kappa shape index (κ3) is 3.79. The molecule has 0 fully saturated rings. The van der Waals surface area contributed by atoms with Gasteiger partial charge in [-0.05, 0) is 26.8 Å². The summed E-state index contributed by atoms with van der Waals surface area (Å²) in [5, 5.41) is 20.9. The van der Waals surface area contributed by atoms with E-state index in [-0.39, 0.29) is 40.8 Å². The van der Waals surface area contributed by atoms with Crippen molar-refractivity contribution in [1.82, 2.24) is 29.7 Å². The fraction of sp³-hybridized carbons (Fsp3) is 0.375. The second kappa shape index (κ2) is 7.55. The van der Waals surface area contributed by atoms with E-state index in [9.17, 15) is 28.1 Å². The van der Waals surface area contributed by atoms with Gasteiger partial charge in [0, 0.05) is 12.2 Å². The highest BCUT2D eigenvalue weighted by Gasteiger charge is 2.36. The van der Waals surface area contributed by atoms with Crippen LogP contribution in [-0.2, 0) is 12.7 Å². The molecule has 14 heteroatoms. The molecule has 30 heavy (non-hydrogen) atoms. The van der Waals surface area contributed by atoms with Crippen LogP contribution in [0.15, 0.2) is 6.07 Å². The van der Waals surface area contributed by atoms with E-state index in [1.54, 1.807) is 0 Å². The second-order valence-corrected chi connectivity index (χ2v) is 6.81. The molecule has 0 atom stereocenters. The highest BCUT2D eigenvalue weighted by molar-refractivity contribution is 6.36. The summed E-state index contributed by atoms with van der Waals surface area (Å²) < 4.78 is 41.6. The number of hydrogen-bond acceptors (Lipinski definition) is 6. The van der Waals surface area contributed by atoms with E-state index in [4.69, 9.17) is 11.6 Å². The normalized spacial score (nSPS) is 11.8. The molecule has 1 amide bonds. The van der Waals surface area contributed by atoms with Crippen molar-refractivity contribution in [2.24, 2.45) is 0 Å². The zero-order chi connectivity index (χ0) is 22.4. The van der Waals surface area contributed by atoms with Gasteiger partial charge in [0.1, 0.15) is 22.1 Å². The standard InChI is InChI=1S/C16H15ClF3N7O3/c1-7-6-10(16(18,19)20)26-14(22-7)11(17)12(24-26)15(28)21-4-5-25-9(3)13(27(29)30)8(2)23-25/h6H,4-5H2,1-3H3,(H,21,28). The van der Waals surface area contributed by atoms with E-state index in [0.717, 1.165) is 6.07 Å². The molecule has 0 spiro atoms. The van der Waals surface area contributed by atoms with Gasteiger partial charge in [-0.1, -0.05) is 11.6 Å². The Morgan fingerprint density at radius 3 is 2.53 bits per heavy atom. The van der Waals surface area contributed by atoms with Crippen LogP contribution in [0, 0.1) is 30.9 Å². The highest BCUT2D eigenvalue weighted by atomic mass is 35.5. The maximum absolute atomic E-state index is 13.3. The van der Waals surface area contributed by atoms with Crippen LogP contribution in [0.2, 0.25) is 5.02 Å². The van der Waals surface area contributed by atoms with Crippen molar-refractivity contribution in [3.05, 3.63) is 49.7 Å². The van der Waals surface area contributed by atoms with Gasteiger partial charge in [0.2, 0.25) is 0 Å². The Balaban J connectivity index is 1.82. The van der Waals surface area contributed by atoms with Crippen LogP contribution in [0.25, 0.3) is 5.65 Å². The summed E-state index contributed by atoms with van der Waals surface area (Å²) in [4.78, 5) is 26.8. The van der Waals surface area contributed by atoms with E-state index >= 15 is 0 Å². The Morgan fingerprint density at radius 2 is 1.97 bits per heavy atom. The second-order valence-electron chi connectivity index (χ2n) is 6.43. The van der Waals surface area contributed by atoms with Crippen LogP contribution in [0.5, 0.6) is 0 Å². The molecule has 0 radical (unpaired) electrons. The Morgan fingerprint density at radius 1 is 1.30 bits per heavy atom. The predicted molar refractivity (Wildman–Crippen MR) is 98.4 cm³/mol. The number of carbonyl (C=O) groups is 1. The molecule has 3 heterocycles. The number of rotatable bonds is 5. The molecule has 160 valence electrons. The number of fused-ring (bicyclic) bond motifs is 1. The molecular formula is C16H15ClF3N7O3. The third-order valence-electron chi connectivity index (χ3n) is 4.30. The molecule has 0 saturated heterocycles. The van der Waals surface area contributed by atoms with Gasteiger partial charge >= 0.3 is 11.9 Å². The fourth-order valence-electron chi connectivity index (χ4n) is 2.99. The third-order valence-corrected chi connectivity index (χ3v) is 4.65. The van der Waals surface area contributed by atoms with Crippen molar-refractivity contribution in [3.8, 4) is 0 Å². The zero-order valence-corrected chi connectivity index (χ0v) is 16.7. The first-order chi connectivity index (χ1) is 13.9. The number of nitro groups is 1. The van der Waals surface area contributed by atoms with Gasteiger partial charge < -0.3 is 5.32 Å². The molecule has 10 nitrogen and oxygen atoms in total. The summed E-state index contributed by atoms with van der Waals surface area (Å²) in [5.74, 6) is -0.813. The van der Waals surface area contributed by atoms with Crippen LogP contribution in [0.3, 0.4) is 0 Å². The maximum atomic E-state index is 13.3. The predicted octanol–water partition coefficient (Wildman–Crippen LogP) is 2.86. The van der Waals surface area contributed by atoms with Crippen LogP contribution >= 0.6 is 11.6 Å². The van der Waals surface area contributed by atoms with E-state index in [1.165, 1.54) is 25.5 Å². The van der Waals surface area contributed by atoms with Gasteiger partial charge in [-0.15, -0.1) is 0 Å². The van der Waals surface area contributed by atoms with E-state index < -0.39 is 28.4 Å². The number of halogens is 4. The monoisotopic (exact) mass is 445 g/mol. The van der Waals surface area contributed by atoms with Crippen molar-refractivity contribution in [3.63, 3.8) is 0 Å². The fourth-order valence-corrected chi connectivity index (χ4v) is 3.23. The van der Waals surface area contributed by atoms with Gasteiger partial charge in [-0.2, -0.15) is 23.4 Å². The molecular weight excluding hydrogens is 431 g/mol. The van der Waals surface area contributed by atoms with Crippen LogP contribution < -0.4 is 5.32 Å². The molecule has 0 bridgehead atoms. The lowest BCUT2D eigenvalue weighted by atomic mass is 10.3. The first-order valence-corrected chi connectivity index (χ1v) is 8.89. The minimum Gasteiger partial charge on any atom is -0.349 e. The Hall–Kier alpha value is -3.22. The topological polar surface area (TPSA) is 120 Å². The molecule has 0 saturated carbocycles. The van der Waals surface area contributed by atoms with Gasteiger partial charge in [-0.3, -0.25) is 19.6 Å². The highest BCUT2D eigenvalue weighted by Crippen LogP contribution is 2.32. The van der Waals surface area contributed by atoms with Crippen LogP contribution in [0.4, 0.5) is 18.9 Å². The lowest BCUT2D eigenvalue weighted by Gasteiger charge is -2.09. The number of aryl methyl sites for hydroxylation is 2. The molecule has 3 rings (SSSR count). The number of aromatic nitrogens is 5. The van der Waals surface area contributed by atoms with Crippen LogP contribution in [-0.4, -0.2) is 41.8 Å². The maximum Gasteiger partial charge on any atom is 0.433 e. The Labute approximate surface area is 171 Å². The summed E-state index contributed by atoms with van der Waals surface area (Å²) in [6.45, 7) is 4.46. The molecule has 0 aliphatic carbocycles. The van der Waals surface area contributed by atoms with Crippen molar-refractivity contribution in [2.75, 3.05) is 6.54 Å². The minimum absolute atomic E-state index is 0.0132. The van der Waals surface area contributed by atoms with Gasteiger partial charge in [-0.25, -0.2) is 9.50 Å². The number of amides is 1. The number of alkyl halides is 3. The summed E-state index contributed by atoms with van der Waals surface area (Å²) >= 11 is 6.06. The summed E-state index contributed by atoms with van der Waals surface area (Å²) in [6, 6.07) is 0.799. The van der Waals surface area contributed by atoms with Crippen molar-refractivity contribution < 1.29 is 22.9 Å². The lowest BCUT2D eigenvalue weighted by Crippen LogP contribution is -2.28. The van der Waals surface area contributed by atoms with Gasteiger partial charge in [0.25, 0.3) is 5.91 Å². The summed E-state index contributed by atoms with van der Waals surface area (Å²) in [6.07, 6.45) is -4.72. The van der Waals surface area contributed by atoms with E-state index in [0.29, 0.717) is 10.2 Å². The summed E-state index contributed by atoms with van der Waals surface area (Å²) in [5.41, 5.74) is -1.33. The zero-order valence-electron chi connectivity index (χ0n) is 15.9. The molecule has 3 aromatic heterocycles. The molecule has 0 aliphatic rings. The first kappa shape index (κ1) is 21.5. The van der Waals surface area contributed by atoms with E-state index in [1.807, 2.05) is 0 Å². The number of nitrogens with zero attached hydrogens (tertiary/aromatic N) is 6. The molecule has 0 unspecified atom stereocenters. The Kier molecular flexibility index (Phi) is 5.41. The molecule has 0 aromatic carbocycles.